The molecule has 0 amide bonds. The Kier molecular flexibility index (Phi) is 4.85. The quantitative estimate of drug-likeness (QED) is 0.628. The largest absolute Gasteiger partial charge is 0.465 e. The second kappa shape index (κ2) is 6.16. The Bertz CT molecular complexity index is 491. The minimum atomic E-state index is -0.574. The highest BCUT2D eigenvalue weighted by atomic mass is 79.9. The third-order valence-electron chi connectivity index (χ3n) is 2.16. The number of rotatable bonds is 4. The van der Waals surface area contributed by atoms with Gasteiger partial charge in [0.1, 0.15) is 11.9 Å². The molecule has 1 aromatic rings. The van der Waals surface area contributed by atoms with Crippen LogP contribution in [0.2, 0.25) is 0 Å². The first-order chi connectivity index (χ1) is 8.12. The lowest BCUT2D eigenvalue weighted by molar-refractivity contribution is -0.115. The number of methoxy groups -OCH3 is 1. The van der Waals surface area contributed by atoms with Crippen LogP contribution in [-0.4, -0.2) is 24.2 Å². The van der Waals surface area contributed by atoms with Crippen molar-refractivity contribution in [3.05, 3.63) is 34.9 Å². The highest BCUT2D eigenvalue weighted by molar-refractivity contribution is 9.09. The average Bonchev–Trinajstić information content (AvgIpc) is 2.37. The summed E-state index contributed by atoms with van der Waals surface area (Å²) in [4.78, 5) is 22.7. The zero-order chi connectivity index (χ0) is 12.8. The SMILES string of the molecule is COC(=O)c1cc(CC(=O)CBr)ccc1C#N. The molecule has 0 aliphatic heterocycles. The normalized spacial score (nSPS) is 9.47. The third kappa shape index (κ3) is 3.40. The monoisotopic (exact) mass is 295 g/mol. The predicted molar refractivity (Wildman–Crippen MR) is 65.0 cm³/mol. The lowest BCUT2D eigenvalue weighted by Crippen LogP contribution is -2.08. The molecule has 0 radical (unpaired) electrons. The molecule has 4 nitrogen and oxygen atoms in total. The van der Waals surface area contributed by atoms with Gasteiger partial charge in [0.2, 0.25) is 0 Å². The second-order valence-electron chi connectivity index (χ2n) is 3.33. The van der Waals surface area contributed by atoms with Crippen molar-refractivity contribution in [1.29, 1.82) is 5.26 Å². The number of ether oxygens (including phenoxy) is 1. The Morgan fingerprint density at radius 2 is 2.18 bits per heavy atom. The fourth-order valence-electron chi connectivity index (χ4n) is 1.35. The molecule has 17 heavy (non-hydrogen) atoms. The Balaban J connectivity index is 3.10. The Morgan fingerprint density at radius 1 is 1.47 bits per heavy atom. The average molecular weight is 296 g/mol. The van der Waals surface area contributed by atoms with Crippen LogP contribution in [0.4, 0.5) is 0 Å². The predicted octanol–water partition coefficient (Wildman–Crippen LogP) is 1.85. The lowest BCUT2D eigenvalue weighted by Gasteiger charge is -2.05. The van der Waals surface area contributed by atoms with E-state index >= 15 is 0 Å². The lowest BCUT2D eigenvalue weighted by atomic mass is 10.0. The molecule has 0 aliphatic carbocycles. The molecule has 0 aliphatic rings. The van der Waals surface area contributed by atoms with Crippen molar-refractivity contribution in [1.82, 2.24) is 0 Å². The molecular weight excluding hydrogens is 286 g/mol. The van der Waals surface area contributed by atoms with E-state index < -0.39 is 5.97 Å². The number of hydrogen-bond acceptors (Lipinski definition) is 4. The summed E-state index contributed by atoms with van der Waals surface area (Å²) < 4.78 is 4.58. The first kappa shape index (κ1) is 13.4. The minimum absolute atomic E-state index is 0.00511. The van der Waals surface area contributed by atoms with Crippen molar-refractivity contribution in [2.45, 2.75) is 6.42 Å². The zero-order valence-electron chi connectivity index (χ0n) is 9.20. The fourth-order valence-corrected chi connectivity index (χ4v) is 1.55. The van der Waals surface area contributed by atoms with Crippen LogP contribution in [0.3, 0.4) is 0 Å². The molecule has 5 heteroatoms. The summed E-state index contributed by atoms with van der Waals surface area (Å²) in [5, 5.41) is 9.11. The molecule has 0 saturated carbocycles. The summed E-state index contributed by atoms with van der Waals surface area (Å²) in [7, 11) is 1.25. The van der Waals surface area contributed by atoms with Crippen LogP contribution in [0.5, 0.6) is 0 Å². The van der Waals surface area contributed by atoms with E-state index in [4.69, 9.17) is 5.26 Å². The van der Waals surface area contributed by atoms with Crippen LogP contribution in [-0.2, 0) is 16.0 Å². The summed E-state index contributed by atoms with van der Waals surface area (Å²) in [6.07, 6.45) is 0.223. The van der Waals surface area contributed by atoms with Crippen LogP contribution in [0.15, 0.2) is 18.2 Å². The minimum Gasteiger partial charge on any atom is -0.465 e. The number of alkyl halides is 1. The molecule has 1 aromatic carbocycles. The van der Waals surface area contributed by atoms with Crippen molar-refractivity contribution in [3.63, 3.8) is 0 Å². The van der Waals surface area contributed by atoms with E-state index in [0.717, 1.165) is 0 Å². The maximum Gasteiger partial charge on any atom is 0.339 e. The van der Waals surface area contributed by atoms with Gasteiger partial charge in [-0.2, -0.15) is 5.26 Å². The summed E-state index contributed by atoms with van der Waals surface area (Å²) >= 11 is 3.07. The van der Waals surface area contributed by atoms with E-state index in [0.29, 0.717) is 5.56 Å². The molecular formula is C12H10BrNO3. The number of ketones is 1. The summed E-state index contributed by atoms with van der Waals surface area (Å²) in [5.41, 5.74) is 1.12. The van der Waals surface area contributed by atoms with Crippen LogP contribution >= 0.6 is 15.9 Å². The molecule has 0 bridgehead atoms. The molecule has 0 atom stereocenters. The molecule has 0 heterocycles. The van der Waals surface area contributed by atoms with Crippen LogP contribution in [0.25, 0.3) is 0 Å². The van der Waals surface area contributed by atoms with Gasteiger partial charge in [-0.15, -0.1) is 0 Å². The van der Waals surface area contributed by atoms with E-state index in [1.54, 1.807) is 6.07 Å². The Labute approximate surface area is 107 Å². The smallest absolute Gasteiger partial charge is 0.339 e. The maximum absolute atomic E-state index is 11.4. The van der Waals surface area contributed by atoms with Gasteiger partial charge in [-0.05, 0) is 17.7 Å². The summed E-state index contributed by atoms with van der Waals surface area (Å²) in [5.74, 6) is -0.569. The van der Waals surface area contributed by atoms with Gasteiger partial charge in [-0.25, -0.2) is 4.79 Å². The number of nitrogens with zero attached hydrogens (tertiary/aromatic N) is 1. The zero-order valence-corrected chi connectivity index (χ0v) is 10.8. The number of carbonyl (C=O) groups excluding carboxylic acids is 2. The van der Waals surface area contributed by atoms with E-state index in [2.05, 4.69) is 20.7 Å². The second-order valence-corrected chi connectivity index (χ2v) is 3.89. The number of hydrogen-bond donors (Lipinski definition) is 0. The standard InChI is InChI=1S/C12H10BrNO3/c1-17-12(16)11-5-8(4-10(15)6-13)2-3-9(11)7-14/h2-3,5H,4,6H2,1H3. The molecule has 0 aromatic heterocycles. The number of esters is 1. The highest BCUT2D eigenvalue weighted by Crippen LogP contribution is 2.13. The van der Waals surface area contributed by atoms with Gasteiger partial charge < -0.3 is 4.74 Å². The molecule has 1 rings (SSSR count). The van der Waals surface area contributed by atoms with Crippen LogP contribution < -0.4 is 0 Å². The molecule has 88 valence electrons. The molecule has 0 unspecified atom stereocenters. The molecule has 0 N–H and O–H groups in total. The van der Waals surface area contributed by atoms with Crippen molar-refractivity contribution in [2.75, 3.05) is 12.4 Å². The van der Waals surface area contributed by atoms with Crippen molar-refractivity contribution >= 4 is 27.7 Å². The molecule has 0 spiro atoms. The van der Waals surface area contributed by atoms with Crippen LogP contribution in [0, 0.1) is 11.3 Å². The number of Topliss-reactive ketones (excluding diaryl/α,β-unsaturated/α-hetero) is 1. The summed E-state index contributed by atoms with van der Waals surface area (Å²) in [6.45, 7) is 0. The van der Waals surface area contributed by atoms with Crippen molar-refractivity contribution in [3.8, 4) is 6.07 Å². The maximum atomic E-state index is 11.4. The topological polar surface area (TPSA) is 67.2 Å². The van der Waals surface area contributed by atoms with E-state index in [9.17, 15) is 9.59 Å². The van der Waals surface area contributed by atoms with Gasteiger partial charge in [-0.3, -0.25) is 4.79 Å². The van der Waals surface area contributed by atoms with Gasteiger partial charge in [0.05, 0.1) is 23.6 Å². The van der Waals surface area contributed by atoms with Crippen LogP contribution in [0.1, 0.15) is 21.5 Å². The van der Waals surface area contributed by atoms with E-state index in [-0.39, 0.29) is 28.7 Å². The van der Waals surface area contributed by atoms with Crippen molar-refractivity contribution in [2.24, 2.45) is 0 Å². The molecule has 0 saturated heterocycles. The van der Waals surface area contributed by atoms with Gasteiger partial charge in [0.25, 0.3) is 0 Å². The Hall–Kier alpha value is -1.67. The number of carbonyl (C=O) groups is 2. The van der Waals surface area contributed by atoms with E-state index in [1.807, 2.05) is 6.07 Å². The highest BCUT2D eigenvalue weighted by Gasteiger charge is 2.13. The van der Waals surface area contributed by atoms with Gasteiger partial charge in [0.15, 0.2) is 0 Å². The van der Waals surface area contributed by atoms with Gasteiger partial charge in [0, 0.05) is 6.42 Å². The third-order valence-corrected chi connectivity index (χ3v) is 2.79. The Morgan fingerprint density at radius 3 is 2.71 bits per heavy atom. The van der Waals surface area contributed by atoms with Crippen molar-refractivity contribution < 1.29 is 14.3 Å². The van der Waals surface area contributed by atoms with Gasteiger partial charge >= 0.3 is 5.97 Å². The first-order valence-corrected chi connectivity index (χ1v) is 5.93. The summed E-state index contributed by atoms with van der Waals surface area (Å²) in [6, 6.07) is 6.60. The van der Waals surface area contributed by atoms with Gasteiger partial charge in [-0.1, -0.05) is 22.0 Å². The first-order valence-electron chi connectivity index (χ1n) is 4.81. The van der Waals surface area contributed by atoms with E-state index in [1.165, 1.54) is 19.2 Å². The fraction of sp³-hybridized carbons (Fsp3) is 0.250. The molecule has 0 fully saturated rings. The number of nitriles is 1. The number of halogens is 1. The number of benzene rings is 1.